The van der Waals surface area contributed by atoms with E-state index >= 15 is 0 Å². The first-order valence-corrected chi connectivity index (χ1v) is 10.4. The number of amides is 1. The molecule has 2 N–H and O–H groups in total. The first-order chi connectivity index (χ1) is 16.1. The molecule has 3 heterocycles. The molecule has 164 valence electrons. The molecule has 5 rings (SSSR count). The molecule has 33 heavy (non-hydrogen) atoms. The minimum absolute atomic E-state index is 0.293. The van der Waals surface area contributed by atoms with Crippen molar-refractivity contribution in [2.45, 2.75) is 6.61 Å². The van der Waals surface area contributed by atoms with Crippen molar-refractivity contribution < 1.29 is 9.53 Å². The van der Waals surface area contributed by atoms with Crippen LogP contribution in [-0.4, -0.2) is 36.1 Å². The molecular formula is C23H18ClN7O2. The maximum absolute atomic E-state index is 13.2. The van der Waals surface area contributed by atoms with Crippen LogP contribution in [0.2, 0.25) is 5.02 Å². The fourth-order valence-corrected chi connectivity index (χ4v) is 3.80. The van der Waals surface area contributed by atoms with Crippen LogP contribution in [0.4, 0.5) is 5.69 Å². The Hall–Kier alpha value is -4.24. The van der Waals surface area contributed by atoms with Crippen molar-refractivity contribution in [1.29, 1.82) is 0 Å². The molecule has 5 aromatic rings. The zero-order valence-corrected chi connectivity index (χ0v) is 18.2. The molecule has 0 spiro atoms. The number of para-hydroxylation sites is 1. The van der Waals surface area contributed by atoms with Crippen molar-refractivity contribution in [2.75, 3.05) is 5.32 Å². The summed E-state index contributed by atoms with van der Waals surface area (Å²) < 4.78 is 7.86. The number of hydrogen-bond donors (Lipinski definition) is 2. The number of aromatic amines is 1. The number of H-pyrrole nitrogens is 1. The standard InChI is InChI=1S/C23H18ClN7O2/c1-31-19(23(32)26-18-8-7-16(24)11-17(18)22-27-29-30-28-22)10-15-5-2-6-20(21(15)31)33-13-14-4-3-9-25-12-14/h2-12H,13H2,1H3,(H,26,32)(H,27,28,29,30). The van der Waals surface area contributed by atoms with E-state index in [1.807, 2.05) is 48.0 Å². The number of fused-ring (bicyclic) bond motifs is 1. The highest BCUT2D eigenvalue weighted by Crippen LogP contribution is 2.31. The fraction of sp³-hybridized carbons (Fsp3) is 0.0870. The van der Waals surface area contributed by atoms with E-state index in [2.05, 4.69) is 30.9 Å². The first kappa shape index (κ1) is 20.7. The Morgan fingerprint density at radius 3 is 2.88 bits per heavy atom. The number of nitrogens with one attached hydrogen (secondary N) is 2. The summed E-state index contributed by atoms with van der Waals surface area (Å²) in [4.78, 5) is 17.3. The summed E-state index contributed by atoms with van der Waals surface area (Å²) in [6.45, 7) is 0.374. The SMILES string of the molecule is Cn1c(C(=O)Nc2ccc(Cl)cc2-c2nn[nH]n2)cc2cccc(OCc3cccnc3)c21. The second-order valence-electron chi connectivity index (χ2n) is 7.31. The van der Waals surface area contributed by atoms with Gasteiger partial charge in [-0.15, -0.1) is 10.2 Å². The maximum Gasteiger partial charge on any atom is 0.272 e. The van der Waals surface area contributed by atoms with Crippen molar-refractivity contribution in [2.24, 2.45) is 7.05 Å². The average Bonchev–Trinajstić information content (AvgIpc) is 3.48. The zero-order chi connectivity index (χ0) is 22.8. The Balaban J connectivity index is 1.45. The van der Waals surface area contributed by atoms with Gasteiger partial charge >= 0.3 is 0 Å². The Morgan fingerprint density at radius 2 is 2.09 bits per heavy atom. The second-order valence-corrected chi connectivity index (χ2v) is 7.75. The molecule has 0 saturated heterocycles. The number of pyridine rings is 1. The van der Waals surface area contributed by atoms with Gasteiger partial charge in [0.1, 0.15) is 18.1 Å². The van der Waals surface area contributed by atoms with Crippen LogP contribution >= 0.6 is 11.6 Å². The molecular weight excluding hydrogens is 442 g/mol. The van der Waals surface area contributed by atoms with E-state index in [-0.39, 0.29) is 5.91 Å². The van der Waals surface area contributed by atoms with Crippen LogP contribution in [0.1, 0.15) is 16.1 Å². The summed E-state index contributed by atoms with van der Waals surface area (Å²) in [5.74, 6) is 0.715. The van der Waals surface area contributed by atoms with Crippen molar-refractivity contribution >= 4 is 34.1 Å². The normalized spacial score (nSPS) is 11.0. The van der Waals surface area contributed by atoms with E-state index < -0.39 is 0 Å². The summed E-state index contributed by atoms with van der Waals surface area (Å²) >= 11 is 6.14. The lowest BCUT2D eigenvalue weighted by Gasteiger charge is -2.12. The van der Waals surface area contributed by atoms with E-state index in [0.29, 0.717) is 40.1 Å². The van der Waals surface area contributed by atoms with Crippen molar-refractivity contribution in [3.63, 3.8) is 0 Å². The highest BCUT2D eigenvalue weighted by molar-refractivity contribution is 6.31. The summed E-state index contributed by atoms with van der Waals surface area (Å²) in [5, 5.41) is 18.3. The number of carbonyl (C=O) groups excluding carboxylic acids is 1. The van der Waals surface area contributed by atoms with Gasteiger partial charge in [0.15, 0.2) is 0 Å². The highest BCUT2D eigenvalue weighted by atomic mass is 35.5. The molecule has 0 bridgehead atoms. The van der Waals surface area contributed by atoms with Gasteiger partial charge in [0.25, 0.3) is 5.91 Å². The summed E-state index contributed by atoms with van der Waals surface area (Å²) in [6.07, 6.45) is 3.48. The van der Waals surface area contributed by atoms with Gasteiger partial charge in [-0.2, -0.15) is 5.21 Å². The Labute approximate surface area is 193 Å². The van der Waals surface area contributed by atoms with Gasteiger partial charge in [-0.1, -0.05) is 29.8 Å². The Kier molecular flexibility index (Phi) is 5.45. The third kappa shape index (κ3) is 4.13. The van der Waals surface area contributed by atoms with Gasteiger partial charge in [0, 0.05) is 41.0 Å². The molecule has 9 nitrogen and oxygen atoms in total. The largest absolute Gasteiger partial charge is 0.487 e. The molecule has 0 radical (unpaired) electrons. The Morgan fingerprint density at radius 1 is 1.18 bits per heavy atom. The highest BCUT2D eigenvalue weighted by Gasteiger charge is 2.19. The minimum Gasteiger partial charge on any atom is -0.487 e. The van der Waals surface area contributed by atoms with E-state index in [9.17, 15) is 4.79 Å². The van der Waals surface area contributed by atoms with Crippen molar-refractivity contribution in [3.05, 3.63) is 83.3 Å². The summed E-state index contributed by atoms with van der Waals surface area (Å²) in [6, 6.07) is 16.4. The molecule has 10 heteroatoms. The lowest BCUT2D eigenvalue weighted by Crippen LogP contribution is -2.16. The molecule has 0 aliphatic carbocycles. The molecule has 0 atom stereocenters. The number of benzene rings is 2. The number of anilines is 1. The summed E-state index contributed by atoms with van der Waals surface area (Å²) in [5.41, 5.74) is 3.32. The van der Waals surface area contributed by atoms with Crippen LogP contribution in [0, 0.1) is 0 Å². The van der Waals surface area contributed by atoms with Crippen molar-refractivity contribution in [1.82, 2.24) is 30.2 Å². The topological polar surface area (TPSA) is 111 Å². The van der Waals surface area contributed by atoms with Crippen LogP contribution in [0.25, 0.3) is 22.3 Å². The molecule has 0 fully saturated rings. The fourth-order valence-electron chi connectivity index (χ4n) is 3.63. The molecule has 2 aromatic carbocycles. The van der Waals surface area contributed by atoms with Gasteiger partial charge in [-0.3, -0.25) is 9.78 Å². The molecule has 0 aliphatic rings. The molecule has 0 unspecified atom stereocenters. The number of rotatable bonds is 6. The monoisotopic (exact) mass is 459 g/mol. The molecule has 1 amide bonds. The van der Waals surface area contributed by atoms with Gasteiger partial charge in [-0.25, -0.2) is 0 Å². The number of aromatic nitrogens is 6. The van der Waals surface area contributed by atoms with E-state index in [1.165, 1.54) is 0 Å². The second kappa shape index (κ2) is 8.71. The quantitative estimate of drug-likeness (QED) is 0.393. The number of tetrazole rings is 1. The first-order valence-electron chi connectivity index (χ1n) is 10.0. The van der Waals surface area contributed by atoms with Crippen molar-refractivity contribution in [3.8, 4) is 17.1 Å². The summed E-state index contributed by atoms with van der Waals surface area (Å²) in [7, 11) is 1.83. The third-order valence-electron chi connectivity index (χ3n) is 5.19. The average molecular weight is 460 g/mol. The van der Waals surface area contributed by atoms with Crippen LogP contribution in [-0.2, 0) is 13.7 Å². The predicted octanol–water partition coefficient (Wildman–Crippen LogP) is 4.24. The maximum atomic E-state index is 13.2. The predicted molar refractivity (Wildman–Crippen MR) is 124 cm³/mol. The van der Waals surface area contributed by atoms with Gasteiger partial charge in [0.2, 0.25) is 5.82 Å². The van der Waals surface area contributed by atoms with Gasteiger partial charge in [-0.05, 0) is 41.6 Å². The van der Waals surface area contributed by atoms with Gasteiger partial charge < -0.3 is 14.6 Å². The lowest BCUT2D eigenvalue weighted by molar-refractivity contribution is 0.102. The zero-order valence-electron chi connectivity index (χ0n) is 17.5. The van der Waals surface area contributed by atoms with Crippen LogP contribution in [0.15, 0.2) is 67.0 Å². The number of ether oxygens (including phenoxy) is 1. The van der Waals surface area contributed by atoms with Crippen LogP contribution in [0.5, 0.6) is 5.75 Å². The number of aryl methyl sites for hydroxylation is 1. The third-order valence-corrected chi connectivity index (χ3v) is 5.42. The molecule has 0 aliphatic heterocycles. The number of carbonyl (C=O) groups is 1. The molecule has 3 aromatic heterocycles. The Bertz CT molecular complexity index is 1430. The lowest BCUT2D eigenvalue weighted by atomic mass is 10.1. The van der Waals surface area contributed by atoms with Gasteiger partial charge in [0.05, 0.1) is 11.2 Å². The molecule has 0 saturated carbocycles. The van der Waals surface area contributed by atoms with E-state index in [0.717, 1.165) is 16.5 Å². The van der Waals surface area contributed by atoms with Crippen LogP contribution < -0.4 is 10.1 Å². The number of halogens is 1. The van der Waals surface area contributed by atoms with E-state index in [4.69, 9.17) is 16.3 Å². The smallest absolute Gasteiger partial charge is 0.272 e. The minimum atomic E-state index is -0.293. The number of nitrogens with zero attached hydrogens (tertiary/aromatic N) is 5. The van der Waals surface area contributed by atoms with Crippen LogP contribution in [0.3, 0.4) is 0 Å². The number of hydrogen-bond acceptors (Lipinski definition) is 6. The van der Waals surface area contributed by atoms with E-state index in [1.54, 1.807) is 30.6 Å².